The van der Waals surface area contributed by atoms with Gasteiger partial charge >= 0.3 is 0 Å². The highest BCUT2D eigenvalue weighted by Gasteiger charge is 2.31. The van der Waals surface area contributed by atoms with Gasteiger partial charge in [-0.25, -0.2) is 4.98 Å². The van der Waals surface area contributed by atoms with Gasteiger partial charge in [-0.1, -0.05) is 26.7 Å². The van der Waals surface area contributed by atoms with E-state index in [2.05, 4.69) is 47.8 Å². The van der Waals surface area contributed by atoms with Crippen molar-refractivity contribution in [2.75, 3.05) is 0 Å². The molecule has 1 saturated carbocycles. The van der Waals surface area contributed by atoms with Crippen molar-refractivity contribution in [1.29, 1.82) is 0 Å². The highest BCUT2D eigenvalue weighted by Crippen LogP contribution is 2.35. The summed E-state index contributed by atoms with van der Waals surface area (Å²) in [6, 6.07) is 0.625. The molecule has 1 aliphatic carbocycles. The highest BCUT2D eigenvalue weighted by molar-refractivity contribution is 7.15. The number of hydrogen-bond donors (Lipinski definition) is 1. The third-order valence-electron chi connectivity index (χ3n) is 4.85. The van der Waals surface area contributed by atoms with Crippen molar-refractivity contribution in [3.63, 3.8) is 0 Å². The van der Waals surface area contributed by atoms with Gasteiger partial charge in [0.25, 0.3) is 0 Å². The monoisotopic (exact) mass is 291 g/mol. The standard InChI is InChI=1S/C16H25N3S/c1-11-10-20-15-18-12(2)13(19(11)15)9-17-14-7-5-6-8-16(14,3)4/h10,14,17H,5-9H2,1-4H3. The van der Waals surface area contributed by atoms with Crippen LogP contribution in [0, 0.1) is 19.3 Å². The fourth-order valence-corrected chi connectivity index (χ4v) is 4.40. The minimum atomic E-state index is 0.416. The Morgan fingerprint density at radius 1 is 1.40 bits per heavy atom. The van der Waals surface area contributed by atoms with E-state index in [9.17, 15) is 0 Å². The number of aryl methyl sites for hydroxylation is 2. The van der Waals surface area contributed by atoms with Crippen LogP contribution in [0.25, 0.3) is 4.96 Å². The van der Waals surface area contributed by atoms with E-state index in [0.29, 0.717) is 11.5 Å². The van der Waals surface area contributed by atoms with Crippen LogP contribution in [-0.2, 0) is 6.54 Å². The number of hydrogen-bond acceptors (Lipinski definition) is 3. The van der Waals surface area contributed by atoms with Crippen molar-refractivity contribution in [3.05, 3.63) is 22.5 Å². The van der Waals surface area contributed by atoms with E-state index in [-0.39, 0.29) is 0 Å². The van der Waals surface area contributed by atoms with Gasteiger partial charge in [0.05, 0.1) is 11.4 Å². The maximum Gasteiger partial charge on any atom is 0.194 e. The summed E-state index contributed by atoms with van der Waals surface area (Å²) in [4.78, 5) is 5.80. The SMILES string of the molecule is Cc1nc2scc(C)n2c1CNC1CCCCC1(C)C. The Morgan fingerprint density at radius 3 is 2.95 bits per heavy atom. The van der Waals surface area contributed by atoms with Crippen molar-refractivity contribution in [3.8, 4) is 0 Å². The lowest BCUT2D eigenvalue weighted by atomic mass is 9.73. The Bertz CT molecular complexity index is 609. The molecule has 0 bridgehead atoms. The molecule has 1 unspecified atom stereocenters. The fourth-order valence-electron chi connectivity index (χ4n) is 3.47. The summed E-state index contributed by atoms with van der Waals surface area (Å²) >= 11 is 1.73. The molecule has 1 fully saturated rings. The molecule has 1 aliphatic rings. The van der Waals surface area contributed by atoms with Crippen molar-refractivity contribution in [2.45, 2.75) is 66.0 Å². The lowest BCUT2D eigenvalue weighted by molar-refractivity contribution is 0.166. The van der Waals surface area contributed by atoms with E-state index in [0.717, 1.165) is 11.5 Å². The second-order valence-electron chi connectivity index (χ2n) is 6.81. The van der Waals surface area contributed by atoms with Gasteiger partial charge in [0.1, 0.15) is 0 Å². The molecule has 3 nitrogen and oxygen atoms in total. The van der Waals surface area contributed by atoms with Gasteiger partial charge in [0.15, 0.2) is 4.96 Å². The molecule has 3 rings (SSSR count). The molecule has 0 radical (unpaired) electrons. The Kier molecular flexibility index (Phi) is 3.63. The molecule has 0 saturated heterocycles. The van der Waals surface area contributed by atoms with E-state index < -0.39 is 0 Å². The average Bonchev–Trinajstić information content (AvgIpc) is 2.88. The van der Waals surface area contributed by atoms with Crippen molar-refractivity contribution in [1.82, 2.24) is 14.7 Å². The Hall–Kier alpha value is -0.870. The normalized spacial score (nSPS) is 22.5. The third-order valence-corrected chi connectivity index (χ3v) is 5.80. The fraction of sp³-hybridized carbons (Fsp3) is 0.688. The van der Waals surface area contributed by atoms with Crippen LogP contribution in [0.4, 0.5) is 0 Å². The number of rotatable bonds is 3. The smallest absolute Gasteiger partial charge is 0.194 e. The first kappa shape index (κ1) is 14.1. The minimum Gasteiger partial charge on any atom is -0.308 e. The van der Waals surface area contributed by atoms with Gasteiger partial charge in [0.2, 0.25) is 0 Å². The third kappa shape index (κ3) is 2.40. The minimum absolute atomic E-state index is 0.416. The average molecular weight is 291 g/mol. The molecule has 0 spiro atoms. The lowest BCUT2D eigenvalue weighted by Crippen LogP contribution is -2.43. The van der Waals surface area contributed by atoms with Gasteiger partial charge in [-0.2, -0.15) is 0 Å². The number of nitrogens with one attached hydrogen (secondary N) is 1. The lowest BCUT2D eigenvalue weighted by Gasteiger charge is -2.39. The quantitative estimate of drug-likeness (QED) is 0.923. The van der Waals surface area contributed by atoms with Gasteiger partial charge in [-0.05, 0) is 32.1 Å². The van der Waals surface area contributed by atoms with Gasteiger partial charge in [0, 0.05) is 23.7 Å². The molecule has 0 amide bonds. The summed E-state index contributed by atoms with van der Waals surface area (Å²) in [5.74, 6) is 0. The van der Waals surface area contributed by atoms with Crippen LogP contribution in [-0.4, -0.2) is 15.4 Å². The predicted molar refractivity (Wildman–Crippen MR) is 85.4 cm³/mol. The Morgan fingerprint density at radius 2 is 2.20 bits per heavy atom. The van der Waals surface area contributed by atoms with Crippen LogP contribution in [0.3, 0.4) is 0 Å². The van der Waals surface area contributed by atoms with E-state index in [4.69, 9.17) is 0 Å². The van der Waals surface area contributed by atoms with Crippen LogP contribution in [0.5, 0.6) is 0 Å². The van der Waals surface area contributed by atoms with Crippen LogP contribution < -0.4 is 5.32 Å². The topological polar surface area (TPSA) is 29.3 Å². The molecule has 1 atom stereocenters. The molecule has 4 heteroatoms. The molecule has 110 valence electrons. The molecule has 2 heterocycles. The second-order valence-corrected chi connectivity index (χ2v) is 7.64. The van der Waals surface area contributed by atoms with Crippen molar-refractivity contribution < 1.29 is 0 Å². The van der Waals surface area contributed by atoms with Crippen molar-refractivity contribution >= 4 is 16.3 Å². The first-order valence-electron chi connectivity index (χ1n) is 7.64. The summed E-state index contributed by atoms with van der Waals surface area (Å²) < 4.78 is 2.31. The van der Waals surface area contributed by atoms with Crippen LogP contribution >= 0.6 is 11.3 Å². The van der Waals surface area contributed by atoms with Crippen LogP contribution in [0.15, 0.2) is 5.38 Å². The molecule has 20 heavy (non-hydrogen) atoms. The maximum atomic E-state index is 4.68. The largest absolute Gasteiger partial charge is 0.308 e. The summed E-state index contributed by atoms with van der Waals surface area (Å²) in [6.45, 7) is 10.0. The van der Waals surface area contributed by atoms with E-state index in [1.54, 1.807) is 11.3 Å². The molecule has 0 aliphatic heterocycles. The van der Waals surface area contributed by atoms with E-state index in [1.165, 1.54) is 42.8 Å². The van der Waals surface area contributed by atoms with E-state index >= 15 is 0 Å². The summed E-state index contributed by atoms with van der Waals surface area (Å²) in [5.41, 5.74) is 4.21. The summed E-state index contributed by atoms with van der Waals surface area (Å²) in [5, 5.41) is 6.00. The molecule has 2 aromatic heterocycles. The predicted octanol–water partition coefficient (Wildman–Crippen LogP) is 4.07. The molecular weight excluding hydrogens is 266 g/mol. The van der Waals surface area contributed by atoms with E-state index in [1.807, 2.05) is 0 Å². The molecule has 0 aromatic carbocycles. The van der Waals surface area contributed by atoms with Crippen molar-refractivity contribution in [2.24, 2.45) is 5.41 Å². The number of nitrogens with zero attached hydrogens (tertiary/aromatic N) is 2. The summed E-state index contributed by atoms with van der Waals surface area (Å²) in [6.07, 6.45) is 5.38. The van der Waals surface area contributed by atoms with Gasteiger partial charge in [-0.15, -0.1) is 11.3 Å². The number of aromatic nitrogens is 2. The van der Waals surface area contributed by atoms with Gasteiger partial charge in [-0.3, -0.25) is 4.40 Å². The first-order valence-corrected chi connectivity index (χ1v) is 8.52. The number of imidazole rings is 1. The molecular formula is C16H25N3S. The maximum absolute atomic E-state index is 4.68. The van der Waals surface area contributed by atoms with Crippen LogP contribution in [0.2, 0.25) is 0 Å². The van der Waals surface area contributed by atoms with Gasteiger partial charge < -0.3 is 5.32 Å². The number of thiazole rings is 1. The Balaban J connectivity index is 1.80. The molecule has 1 N–H and O–H groups in total. The van der Waals surface area contributed by atoms with Crippen LogP contribution in [0.1, 0.15) is 56.6 Å². The zero-order valence-electron chi connectivity index (χ0n) is 13.0. The first-order chi connectivity index (χ1) is 9.49. The zero-order chi connectivity index (χ0) is 14.3. The summed E-state index contributed by atoms with van der Waals surface area (Å²) in [7, 11) is 0. The zero-order valence-corrected chi connectivity index (χ0v) is 13.8. The highest BCUT2D eigenvalue weighted by atomic mass is 32.1. The Labute approximate surface area is 125 Å². The second kappa shape index (κ2) is 5.15. The molecule has 2 aromatic rings. The number of fused-ring (bicyclic) bond motifs is 1.